The molecule has 2 N–H and O–H groups in total. The highest BCUT2D eigenvalue weighted by molar-refractivity contribution is 7.19. The second-order valence-electron chi connectivity index (χ2n) is 4.58. The van der Waals surface area contributed by atoms with Gasteiger partial charge < -0.3 is 10.4 Å². The quantitative estimate of drug-likeness (QED) is 0.853. The van der Waals surface area contributed by atoms with Crippen molar-refractivity contribution in [3.05, 3.63) is 35.2 Å². The lowest BCUT2D eigenvalue weighted by atomic mass is 10.1. The number of hydrogen-bond donors (Lipinski definition) is 2. The van der Waals surface area contributed by atoms with E-state index in [0.29, 0.717) is 12.0 Å². The smallest absolute Gasteiger partial charge is 0.0471 e. The maximum absolute atomic E-state index is 9.08. The van der Waals surface area contributed by atoms with Crippen LogP contribution in [0.1, 0.15) is 18.7 Å². The molecular weight excluding hydrogens is 230 g/mol. The fourth-order valence-electron chi connectivity index (χ4n) is 1.74. The Morgan fingerprint density at radius 3 is 2.76 bits per heavy atom. The molecule has 17 heavy (non-hydrogen) atoms. The van der Waals surface area contributed by atoms with Gasteiger partial charge in [0.2, 0.25) is 0 Å². The predicted octanol–water partition coefficient (Wildman–Crippen LogP) is 3.01. The SMILES string of the molecule is CC(CO)C(C)NCc1cc2ccccc2s1. The molecule has 2 unspecified atom stereocenters. The van der Waals surface area contributed by atoms with E-state index in [0.717, 1.165) is 6.54 Å². The lowest BCUT2D eigenvalue weighted by molar-refractivity contribution is 0.207. The number of aliphatic hydroxyl groups excluding tert-OH is 1. The Morgan fingerprint density at radius 2 is 2.06 bits per heavy atom. The van der Waals surface area contributed by atoms with Crippen LogP contribution in [0, 0.1) is 5.92 Å². The first-order valence-corrected chi connectivity index (χ1v) is 6.84. The normalized spacial score (nSPS) is 15.0. The molecule has 0 spiro atoms. The average molecular weight is 249 g/mol. The van der Waals surface area contributed by atoms with Gasteiger partial charge >= 0.3 is 0 Å². The van der Waals surface area contributed by atoms with Crippen LogP contribution in [0.25, 0.3) is 10.1 Å². The Labute approximate surface area is 106 Å². The molecule has 0 aliphatic carbocycles. The van der Waals surface area contributed by atoms with E-state index in [1.165, 1.54) is 15.0 Å². The fraction of sp³-hybridized carbons (Fsp3) is 0.429. The van der Waals surface area contributed by atoms with Gasteiger partial charge in [-0.15, -0.1) is 11.3 Å². The highest BCUT2D eigenvalue weighted by Crippen LogP contribution is 2.25. The maximum atomic E-state index is 9.08. The van der Waals surface area contributed by atoms with E-state index in [1.807, 2.05) is 11.3 Å². The van der Waals surface area contributed by atoms with E-state index in [2.05, 4.69) is 49.5 Å². The summed E-state index contributed by atoms with van der Waals surface area (Å²) in [5, 5.41) is 13.9. The topological polar surface area (TPSA) is 32.3 Å². The number of benzene rings is 1. The minimum Gasteiger partial charge on any atom is -0.396 e. The van der Waals surface area contributed by atoms with Crippen molar-refractivity contribution in [2.45, 2.75) is 26.4 Å². The van der Waals surface area contributed by atoms with E-state index in [1.54, 1.807) is 0 Å². The monoisotopic (exact) mass is 249 g/mol. The number of nitrogens with one attached hydrogen (secondary N) is 1. The Kier molecular flexibility index (Phi) is 4.15. The minimum atomic E-state index is 0.237. The number of rotatable bonds is 5. The average Bonchev–Trinajstić information content (AvgIpc) is 2.77. The van der Waals surface area contributed by atoms with Gasteiger partial charge in [-0.25, -0.2) is 0 Å². The highest BCUT2D eigenvalue weighted by atomic mass is 32.1. The van der Waals surface area contributed by atoms with Crippen molar-refractivity contribution >= 4 is 21.4 Å². The lowest BCUT2D eigenvalue weighted by Gasteiger charge is -2.18. The van der Waals surface area contributed by atoms with Gasteiger partial charge in [-0.2, -0.15) is 0 Å². The molecule has 0 saturated heterocycles. The first-order valence-electron chi connectivity index (χ1n) is 6.02. The summed E-state index contributed by atoms with van der Waals surface area (Å²) >= 11 is 1.83. The van der Waals surface area contributed by atoms with E-state index in [4.69, 9.17) is 5.11 Å². The van der Waals surface area contributed by atoms with Crippen LogP contribution < -0.4 is 5.32 Å². The molecule has 0 saturated carbocycles. The largest absolute Gasteiger partial charge is 0.396 e. The van der Waals surface area contributed by atoms with Gasteiger partial charge in [0.05, 0.1) is 0 Å². The molecule has 0 fully saturated rings. The van der Waals surface area contributed by atoms with Gasteiger partial charge in [-0.1, -0.05) is 25.1 Å². The molecular formula is C14H19NOS. The van der Waals surface area contributed by atoms with Crippen molar-refractivity contribution in [1.29, 1.82) is 0 Å². The van der Waals surface area contributed by atoms with Gasteiger partial charge in [0.1, 0.15) is 0 Å². The van der Waals surface area contributed by atoms with Gasteiger partial charge in [0, 0.05) is 28.8 Å². The summed E-state index contributed by atoms with van der Waals surface area (Å²) in [6.07, 6.45) is 0. The van der Waals surface area contributed by atoms with Crippen LogP contribution in [-0.4, -0.2) is 17.8 Å². The molecule has 0 aliphatic rings. The van der Waals surface area contributed by atoms with Crippen LogP contribution in [0.5, 0.6) is 0 Å². The fourth-order valence-corrected chi connectivity index (χ4v) is 2.76. The summed E-state index contributed by atoms with van der Waals surface area (Å²) in [7, 11) is 0. The summed E-state index contributed by atoms with van der Waals surface area (Å²) in [5.74, 6) is 0.296. The van der Waals surface area contributed by atoms with E-state index >= 15 is 0 Å². The standard InChI is InChI=1S/C14H19NOS/c1-10(9-16)11(2)15-8-13-7-12-5-3-4-6-14(12)17-13/h3-7,10-11,15-16H,8-9H2,1-2H3. The zero-order valence-electron chi connectivity index (χ0n) is 10.3. The molecule has 1 heterocycles. The summed E-state index contributed by atoms with van der Waals surface area (Å²) in [6, 6.07) is 11.0. The van der Waals surface area contributed by atoms with Gasteiger partial charge in [0.15, 0.2) is 0 Å². The summed E-state index contributed by atoms with van der Waals surface area (Å²) < 4.78 is 1.34. The first kappa shape index (κ1) is 12.6. The summed E-state index contributed by atoms with van der Waals surface area (Å²) in [4.78, 5) is 1.35. The molecule has 0 aliphatic heterocycles. The van der Waals surface area contributed by atoms with Crippen LogP contribution in [0.2, 0.25) is 0 Å². The maximum Gasteiger partial charge on any atom is 0.0471 e. The lowest BCUT2D eigenvalue weighted by Crippen LogP contribution is -2.33. The first-order chi connectivity index (χ1) is 8.20. The third-order valence-electron chi connectivity index (χ3n) is 3.22. The molecule has 0 radical (unpaired) electrons. The predicted molar refractivity (Wildman–Crippen MR) is 74.4 cm³/mol. The summed E-state index contributed by atoms with van der Waals surface area (Å²) in [6.45, 7) is 5.29. The van der Waals surface area contributed by atoms with Crippen LogP contribution in [-0.2, 0) is 6.54 Å². The Hall–Kier alpha value is -0.900. The van der Waals surface area contributed by atoms with E-state index < -0.39 is 0 Å². The highest BCUT2D eigenvalue weighted by Gasteiger charge is 2.10. The van der Waals surface area contributed by atoms with Crippen molar-refractivity contribution < 1.29 is 5.11 Å². The summed E-state index contributed by atoms with van der Waals surface area (Å²) in [5.41, 5.74) is 0. The molecule has 0 amide bonds. The number of thiophene rings is 1. The Morgan fingerprint density at radius 1 is 1.29 bits per heavy atom. The van der Waals surface area contributed by atoms with Crippen LogP contribution in [0.15, 0.2) is 30.3 Å². The molecule has 1 aromatic heterocycles. The van der Waals surface area contributed by atoms with Crippen LogP contribution in [0.4, 0.5) is 0 Å². The molecule has 2 rings (SSSR count). The molecule has 2 nitrogen and oxygen atoms in total. The van der Waals surface area contributed by atoms with E-state index in [9.17, 15) is 0 Å². The third kappa shape index (κ3) is 3.06. The van der Waals surface area contributed by atoms with Gasteiger partial charge in [0.25, 0.3) is 0 Å². The Balaban J connectivity index is 1.99. The zero-order chi connectivity index (χ0) is 12.3. The third-order valence-corrected chi connectivity index (χ3v) is 4.33. The van der Waals surface area contributed by atoms with Crippen molar-refractivity contribution in [1.82, 2.24) is 5.32 Å². The number of aliphatic hydroxyl groups is 1. The number of hydrogen-bond acceptors (Lipinski definition) is 3. The minimum absolute atomic E-state index is 0.237. The molecule has 2 aromatic rings. The second-order valence-corrected chi connectivity index (χ2v) is 5.75. The van der Waals surface area contributed by atoms with Crippen LogP contribution in [0.3, 0.4) is 0 Å². The molecule has 1 aromatic carbocycles. The zero-order valence-corrected chi connectivity index (χ0v) is 11.1. The second kappa shape index (κ2) is 5.63. The van der Waals surface area contributed by atoms with E-state index in [-0.39, 0.29) is 6.61 Å². The van der Waals surface area contributed by atoms with Crippen molar-refractivity contribution in [2.75, 3.05) is 6.61 Å². The number of fused-ring (bicyclic) bond motifs is 1. The Bertz CT molecular complexity index is 447. The van der Waals surface area contributed by atoms with Gasteiger partial charge in [-0.05, 0) is 30.4 Å². The molecule has 2 atom stereocenters. The van der Waals surface area contributed by atoms with Crippen LogP contribution >= 0.6 is 11.3 Å². The molecule has 0 bridgehead atoms. The van der Waals surface area contributed by atoms with Crippen molar-refractivity contribution in [2.24, 2.45) is 5.92 Å². The van der Waals surface area contributed by atoms with Crippen molar-refractivity contribution in [3.8, 4) is 0 Å². The molecule has 3 heteroatoms. The van der Waals surface area contributed by atoms with Gasteiger partial charge in [-0.3, -0.25) is 0 Å². The van der Waals surface area contributed by atoms with Crippen molar-refractivity contribution in [3.63, 3.8) is 0 Å². The molecule has 92 valence electrons.